The Kier molecular flexibility index (Phi) is 2.99. The third-order valence-electron chi connectivity index (χ3n) is 0.560. The molecule has 0 aliphatic carbocycles. The van der Waals surface area contributed by atoms with E-state index in [1.165, 1.54) is 6.08 Å². The van der Waals surface area contributed by atoms with Crippen molar-refractivity contribution < 1.29 is 5.11 Å². The van der Waals surface area contributed by atoms with Gasteiger partial charge in [-0.25, -0.2) is 0 Å². The molecule has 0 saturated heterocycles. The lowest BCUT2D eigenvalue weighted by Gasteiger charge is -1.83. The summed E-state index contributed by atoms with van der Waals surface area (Å²) in [6.07, 6.45) is 1.32. The fourth-order valence-corrected chi connectivity index (χ4v) is 0.156. The molecule has 0 fully saturated rings. The minimum absolute atomic E-state index is 0.0203. The summed E-state index contributed by atoms with van der Waals surface area (Å²) in [5.41, 5.74) is 0.697. The second-order valence-electron chi connectivity index (χ2n) is 1.28. The first-order valence-electron chi connectivity index (χ1n) is 1.97. The molecule has 0 aromatic carbocycles. The molecule has 7 heavy (non-hydrogen) atoms. The number of hydrogen-bond acceptors (Lipinski definition) is 2. The lowest BCUT2D eigenvalue weighted by atomic mass is 10.3. The molecule has 2 heteroatoms. The number of allylic oxidation sites excluding steroid dienone is 1. The maximum absolute atomic E-state index is 8.25. The van der Waals surface area contributed by atoms with Gasteiger partial charge in [-0.1, -0.05) is 0 Å². The average Bonchev–Trinajstić information content (AvgIpc) is 1.68. The van der Waals surface area contributed by atoms with Crippen LogP contribution in [-0.2, 0) is 0 Å². The summed E-state index contributed by atoms with van der Waals surface area (Å²) in [6.45, 7) is 1.68. The van der Waals surface area contributed by atoms with E-state index >= 15 is 0 Å². The molecule has 0 aliphatic rings. The third-order valence-corrected chi connectivity index (χ3v) is 0.560. The summed E-state index contributed by atoms with van der Waals surface area (Å²) in [7, 11) is 0. The van der Waals surface area contributed by atoms with E-state index in [4.69, 9.17) is 10.4 Å². The lowest BCUT2D eigenvalue weighted by Crippen LogP contribution is -1.80. The van der Waals surface area contributed by atoms with Gasteiger partial charge in [-0.3, -0.25) is 0 Å². The van der Waals surface area contributed by atoms with Crippen LogP contribution in [0.15, 0.2) is 11.6 Å². The van der Waals surface area contributed by atoms with Crippen molar-refractivity contribution in [2.24, 2.45) is 0 Å². The van der Waals surface area contributed by atoms with E-state index < -0.39 is 0 Å². The van der Waals surface area contributed by atoms with Crippen LogP contribution >= 0.6 is 0 Å². The van der Waals surface area contributed by atoms with Crippen molar-refractivity contribution in [1.82, 2.24) is 0 Å². The normalized spacial score (nSPS) is 10.7. The Morgan fingerprint density at radius 1 is 2.00 bits per heavy atom. The lowest BCUT2D eigenvalue weighted by molar-refractivity contribution is 0.331. The van der Waals surface area contributed by atoms with Crippen LogP contribution in [0.5, 0.6) is 0 Å². The number of aliphatic hydroxyl groups excluding tert-OH is 1. The Hall–Kier alpha value is -0.810. The van der Waals surface area contributed by atoms with Gasteiger partial charge in [0.1, 0.15) is 0 Å². The predicted molar refractivity (Wildman–Crippen MR) is 26.5 cm³/mol. The zero-order valence-electron chi connectivity index (χ0n) is 4.18. The highest BCUT2D eigenvalue weighted by Gasteiger charge is 1.78. The van der Waals surface area contributed by atoms with Crippen LogP contribution in [0.4, 0.5) is 0 Å². The molecule has 1 N–H and O–H groups in total. The number of nitriles is 1. The molecule has 0 radical (unpaired) electrons. The Balaban J connectivity index is 3.56. The molecule has 0 atom stereocenters. The Morgan fingerprint density at radius 3 is 2.71 bits per heavy atom. The van der Waals surface area contributed by atoms with Crippen LogP contribution in [0.1, 0.15) is 6.92 Å². The maximum Gasteiger partial charge on any atom is 0.0912 e. The summed E-state index contributed by atoms with van der Waals surface area (Å²) >= 11 is 0. The van der Waals surface area contributed by atoms with Gasteiger partial charge < -0.3 is 5.11 Å². The fraction of sp³-hybridized carbons (Fsp3) is 0.400. The SMILES string of the molecule is C/C(=C\C#N)CO. The molecule has 0 saturated carbocycles. The molecule has 0 unspecified atom stereocenters. The van der Waals surface area contributed by atoms with E-state index in [1.54, 1.807) is 13.0 Å². The van der Waals surface area contributed by atoms with Gasteiger partial charge in [0.2, 0.25) is 0 Å². The average molecular weight is 97.1 g/mol. The molecular formula is C5H7NO. The van der Waals surface area contributed by atoms with Gasteiger partial charge in [0, 0.05) is 6.08 Å². The highest BCUT2D eigenvalue weighted by atomic mass is 16.3. The molecule has 0 aliphatic heterocycles. The second kappa shape index (κ2) is 3.38. The minimum Gasteiger partial charge on any atom is -0.392 e. The number of rotatable bonds is 1. The number of hydrogen-bond donors (Lipinski definition) is 1. The zero-order valence-corrected chi connectivity index (χ0v) is 4.18. The minimum atomic E-state index is -0.0203. The van der Waals surface area contributed by atoms with E-state index in [0.717, 1.165) is 0 Å². The van der Waals surface area contributed by atoms with E-state index in [2.05, 4.69) is 0 Å². The predicted octanol–water partition coefficient (Wildman–Crippen LogP) is 0.449. The summed E-state index contributed by atoms with van der Waals surface area (Å²) in [5, 5.41) is 16.2. The van der Waals surface area contributed by atoms with Crippen LogP contribution in [0.2, 0.25) is 0 Å². The third kappa shape index (κ3) is 3.01. The van der Waals surface area contributed by atoms with E-state index in [1.807, 2.05) is 0 Å². The fourth-order valence-electron chi connectivity index (χ4n) is 0.156. The molecule has 0 amide bonds. The van der Waals surface area contributed by atoms with Gasteiger partial charge in [-0.2, -0.15) is 5.26 Å². The van der Waals surface area contributed by atoms with Crippen molar-refractivity contribution in [1.29, 1.82) is 5.26 Å². The second-order valence-corrected chi connectivity index (χ2v) is 1.28. The van der Waals surface area contributed by atoms with Gasteiger partial charge in [0.25, 0.3) is 0 Å². The summed E-state index contributed by atoms with van der Waals surface area (Å²) in [6, 6.07) is 1.80. The van der Waals surface area contributed by atoms with Crippen LogP contribution in [0.25, 0.3) is 0 Å². The van der Waals surface area contributed by atoms with Gasteiger partial charge >= 0.3 is 0 Å². The monoisotopic (exact) mass is 97.1 g/mol. The first-order chi connectivity index (χ1) is 3.31. The Bertz CT molecular complexity index is 110. The smallest absolute Gasteiger partial charge is 0.0912 e. The van der Waals surface area contributed by atoms with Crippen molar-refractivity contribution in [3.8, 4) is 6.07 Å². The van der Waals surface area contributed by atoms with E-state index in [-0.39, 0.29) is 6.61 Å². The molecule has 0 aromatic rings. The quantitative estimate of drug-likeness (QED) is 0.483. The van der Waals surface area contributed by atoms with Crippen LogP contribution in [0, 0.1) is 11.3 Å². The van der Waals surface area contributed by atoms with Gasteiger partial charge in [-0.05, 0) is 12.5 Å². The van der Waals surface area contributed by atoms with Crippen molar-refractivity contribution in [3.63, 3.8) is 0 Å². The van der Waals surface area contributed by atoms with Crippen LogP contribution < -0.4 is 0 Å². The van der Waals surface area contributed by atoms with E-state index in [0.29, 0.717) is 5.57 Å². The van der Waals surface area contributed by atoms with Crippen LogP contribution in [0.3, 0.4) is 0 Å². The van der Waals surface area contributed by atoms with Crippen molar-refractivity contribution in [2.45, 2.75) is 6.92 Å². The molecule has 38 valence electrons. The number of nitrogens with zero attached hydrogens (tertiary/aromatic N) is 1. The molecule has 2 nitrogen and oxygen atoms in total. The highest BCUT2D eigenvalue weighted by molar-refractivity contribution is 5.10. The van der Waals surface area contributed by atoms with Crippen molar-refractivity contribution in [2.75, 3.05) is 6.61 Å². The molecule has 0 heterocycles. The molecular weight excluding hydrogens is 90.1 g/mol. The first-order valence-corrected chi connectivity index (χ1v) is 1.97. The molecule has 0 bridgehead atoms. The Morgan fingerprint density at radius 2 is 2.57 bits per heavy atom. The Labute approximate surface area is 42.7 Å². The van der Waals surface area contributed by atoms with Crippen LogP contribution in [-0.4, -0.2) is 11.7 Å². The van der Waals surface area contributed by atoms with Crippen molar-refractivity contribution >= 4 is 0 Å². The summed E-state index contributed by atoms with van der Waals surface area (Å²) in [5.74, 6) is 0. The highest BCUT2D eigenvalue weighted by Crippen LogP contribution is 1.84. The van der Waals surface area contributed by atoms with Gasteiger partial charge in [0.05, 0.1) is 12.7 Å². The number of aliphatic hydroxyl groups is 1. The summed E-state index contributed by atoms with van der Waals surface area (Å²) < 4.78 is 0. The van der Waals surface area contributed by atoms with Gasteiger partial charge in [0.15, 0.2) is 0 Å². The van der Waals surface area contributed by atoms with Gasteiger partial charge in [-0.15, -0.1) is 0 Å². The molecule has 0 aromatic heterocycles. The topological polar surface area (TPSA) is 44.0 Å². The molecule has 0 spiro atoms. The first kappa shape index (κ1) is 6.19. The molecule has 0 rings (SSSR count). The van der Waals surface area contributed by atoms with Crippen molar-refractivity contribution in [3.05, 3.63) is 11.6 Å². The maximum atomic E-state index is 8.25. The van der Waals surface area contributed by atoms with E-state index in [9.17, 15) is 0 Å². The zero-order chi connectivity index (χ0) is 5.70. The largest absolute Gasteiger partial charge is 0.392 e. The standard InChI is InChI=1S/C5H7NO/c1-5(4-7)2-3-6/h2,7H,4H2,1H3/b5-2+. The summed E-state index contributed by atoms with van der Waals surface area (Å²) in [4.78, 5) is 0.